The van der Waals surface area contributed by atoms with Gasteiger partial charge in [0, 0.05) is 31.6 Å². The summed E-state index contributed by atoms with van der Waals surface area (Å²) in [5.74, 6) is 0.762. The zero-order valence-corrected chi connectivity index (χ0v) is 15.8. The van der Waals surface area contributed by atoms with Gasteiger partial charge in [-0.1, -0.05) is 12.8 Å². The molecule has 0 spiro atoms. The van der Waals surface area contributed by atoms with Crippen molar-refractivity contribution in [2.75, 3.05) is 13.7 Å². The van der Waals surface area contributed by atoms with Crippen LogP contribution in [0.1, 0.15) is 43.1 Å². The maximum atomic E-state index is 13.1. The number of ether oxygens (including phenoxy) is 1. The van der Waals surface area contributed by atoms with Gasteiger partial charge in [-0.3, -0.25) is 18.3 Å². The fourth-order valence-corrected chi connectivity index (χ4v) is 4.25. The summed E-state index contributed by atoms with van der Waals surface area (Å²) in [5, 5.41) is 0. The molecule has 1 fully saturated rings. The lowest BCUT2D eigenvalue weighted by Crippen LogP contribution is -2.40. The Bertz CT molecular complexity index is 1110. The molecule has 0 saturated heterocycles. The summed E-state index contributed by atoms with van der Waals surface area (Å²) in [5.41, 5.74) is 2.39. The van der Waals surface area contributed by atoms with Crippen molar-refractivity contribution in [1.29, 1.82) is 0 Å². The third kappa shape index (κ3) is 2.21. The second-order valence-corrected chi connectivity index (χ2v) is 7.19. The highest BCUT2D eigenvalue weighted by Gasteiger charge is 2.27. The predicted molar refractivity (Wildman–Crippen MR) is 99.0 cm³/mol. The third-order valence-electron chi connectivity index (χ3n) is 5.77. The first-order valence-corrected chi connectivity index (χ1v) is 9.15. The van der Waals surface area contributed by atoms with Gasteiger partial charge in [0.15, 0.2) is 11.2 Å². The van der Waals surface area contributed by atoms with Crippen LogP contribution in [-0.4, -0.2) is 36.8 Å². The molecule has 8 heteroatoms. The van der Waals surface area contributed by atoms with E-state index in [1.807, 2.05) is 11.3 Å². The zero-order valence-electron chi connectivity index (χ0n) is 15.8. The fraction of sp³-hybridized carbons (Fsp3) is 0.611. The summed E-state index contributed by atoms with van der Waals surface area (Å²) in [6.07, 6.45) is 4.70. The van der Waals surface area contributed by atoms with Crippen molar-refractivity contribution in [3.05, 3.63) is 32.2 Å². The van der Waals surface area contributed by atoms with Gasteiger partial charge in [-0.15, -0.1) is 0 Å². The van der Waals surface area contributed by atoms with Crippen LogP contribution < -0.4 is 11.2 Å². The highest BCUT2D eigenvalue weighted by atomic mass is 16.5. The van der Waals surface area contributed by atoms with Crippen LogP contribution in [0.15, 0.2) is 9.59 Å². The van der Waals surface area contributed by atoms with Crippen molar-refractivity contribution < 1.29 is 4.74 Å². The average molecular weight is 359 g/mol. The molecular formula is C18H25N5O3. The maximum absolute atomic E-state index is 13.1. The number of nitrogens with zero attached hydrogens (tertiary/aromatic N) is 5. The molecule has 3 aromatic rings. The van der Waals surface area contributed by atoms with Crippen molar-refractivity contribution in [2.24, 2.45) is 7.05 Å². The van der Waals surface area contributed by atoms with Crippen LogP contribution in [-0.2, 0) is 18.3 Å². The largest absolute Gasteiger partial charge is 0.383 e. The van der Waals surface area contributed by atoms with Crippen LogP contribution >= 0.6 is 0 Å². The van der Waals surface area contributed by atoms with E-state index in [1.54, 1.807) is 14.2 Å². The van der Waals surface area contributed by atoms with Gasteiger partial charge in [0.2, 0.25) is 5.78 Å². The molecule has 0 N–H and O–H groups in total. The van der Waals surface area contributed by atoms with E-state index in [1.165, 1.54) is 22.0 Å². The van der Waals surface area contributed by atoms with Crippen LogP contribution in [0.2, 0.25) is 0 Å². The SMILES string of the molecule is COCCn1c(=O)c2c(nc3n(C4CCCC4)c(C)c(C)n23)n(C)c1=O. The molecule has 0 aromatic carbocycles. The first-order chi connectivity index (χ1) is 12.5. The normalized spacial score (nSPS) is 15.7. The molecule has 1 aliphatic carbocycles. The first kappa shape index (κ1) is 17.1. The zero-order chi connectivity index (χ0) is 18.6. The fourth-order valence-electron chi connectivity index (χ4n) is 4.25. The van der Waals surface area contributed by atoms with Gasteiger partial charge >= 0.3 is 5.69 Å². The van der Waals surface area contributed by atoms with Gasteiger partial charge in [-0.2, -0.15) is 4.98 Å². The number of methoxy groups -OCH3 is 1. The Morgan fingerprint density at radius 2 is 1.85 bits per heavy atom. The lowest BCUT2D eigenvalue weighted by Gasteiger charge is -2.13. The topological polar surface area (TPSA) is 75.5 Å². The van der Waals surface area contributed by atoms with Gasteiger partial charge in [0.1, 0.15) is 0 Å². The number of hydrogen-bond donors (Lipinski definition) is 0. The minimum Gasteiger partial charge on any atom is -0.383 e. The van der Waals surface area contributed by atoms with E-state index in [0.717, 1.165) is 30.0 Å². The summed E-state index contributed by atoms with van der Waals surface area (Å²) >= 11 is 0. The quantitative estimate of drug-likeness (QED) is 0.708. The van der Waals surface area contributed by atoms with E-state index in [9.17, 15) is 9.59 Å². The summed E-state index contributed by atoms with van der Waals surface area (Å²) in [7, 11) is 3.22. The molecule has 0 bridgehead atoms. The summed E-state index contributed by atoms with van der Waals surface area (Å²) in [6, 6.07) is 0.413. The Kier molecular flexibility index (Phi) is 4.02. The van der Waals surface area contributed by atoms with Gasteiger partial charge in [-0.25, -0.2) is 4.79 Å². The van der Waals surface area contributed by atoms with E-state index in [2.05, 4.69) is 11.5 Å². The Morgan fingerprint density at radius 1 is 1.15 bits per heavy atom. The Balaban J connectivity index is 2.10. The molecule has 0 amide bonds. The van der Waals surface area contributed by atoms with Gasteiger partial charge in [0.05, 0.1) is 13.2 Å². The molecule has 26 heavy (non-hydrogen) atoms. The smallest absolute Gasteiger partial charge is 0.332 e. The first-order valence-electron chi connectivity index (χ1n) is 9.15. The molecule has 1 aliphatic rings. The van der Waals surface area contributed by atoms with Gasteiger partial charge in [-0.05, 0) is 26.7 Å². The molecule has 140 valence electrons. The Hall–Kier alpha value is -2.35. The highest BCUT2D eigenvalue weighted by Crippen LogP contribution is 2.34. The van der Waals surface area contributed by atoms with E-state index in [-0.39, 0.29) is 17.8 Å². The monoisotopic (exact) mass is 359 g/mol. The van der Waals surface area contributed by atoms with E-state index >= 15 is 0 Å². The lowest BCUT2D eigenvalue weighted by atomic mass is 10.2. The molecule has 0 unspecified atom stereocenters. The van der Waals surface area contributed by atoms with E-state index < -0.39 is 0 Å². The second kappa shape index (κ2) is 6.12. The van der Waals surface area contributed by atoms with Crippen LogP contribution in [0, 0.1) is 13.8 Å². The molecule has 0 atom stereocenters. The van der Waals surface area contributed by atoms with Crippen molar-refractivity contribution in [3.63, 3.8) is 0 Å². The molecular weight excluding hydrogens is 334 g/mol. The minimum atomic E-state index is -0.359. The van der Waals surface area contributed by atoms with Crippen LogP contribution in [0.5, 0.6) is 0 Å². The van der Waals surface area contributed by atoms with E-state index in [4.69, 9.17) is 9.72 Å². The predicted octanol–water partition coefficient (Wildman–Crippen LogP) is 1.53. The summed E-state index contributed by atoms with van der Waals surface area (Å²) in [6.45, 7) is 4.63. The van der Waals surface area contributed by atoms with Crippen molar-refractivity contribution >= 4 is 16.9 Å². The van der Waals surface area contributed by atoms with E-state index in [0.29, 0.717) is 23.8 Å². The van der Waals surface area contributed by atoms with Crippen molar-refractivity contribution in [1.82, 2.24) is 23.1 Å². The number of imidazole rings is 2. The molecule has 4 rings (SSSR count). The van der Waals surface area contributed by atoms with Crippen molar-refractivity contribution in [3.8, 4) is 0 Å². The van der Waals surface area contributed by atoms with Crippen LogP contribution in [0.4, 0.5) is 0 Å². The molecule has 1 saturated carbocycles. The number of aryl methyl sites for hydroxylation is 2. The number of fused-ring (bicyclic) bond motifs is 3. The highest BCUT2D eigenvalue weighted by molar-refractivity contribution is 5.76. The lowest BCUT2D eigenvalue weighted by molar-refractivity contribution is 0.184. The maximum Gasteiger partial charge on any atom is 0.332 e. The summed E-state index contributed by atoms with van der Waals surface area (Å²) in [4.78, 5) is 30.4. The molecule has 3 heterocycles. The molecule has 0 aliphatic heterocycles. The van der Waals surface area contributed by atoms with Gasteiger partial charge in [0.25, 0.3) is 5.56 Å². The standard InChI is InChI=1S/C18H25N5O3/c1-11-12(2)23-14-15(19-17(23)22(11)13-7-5-6-8-13)20(3)18(25)21(16(14)24)9-10-26-4/h13H,5-10H2,1-4H3. The molecule has 3 aromatic heterocycles. The van der Waals surface area contributed by atoms with Gasteiger partial charge < -0.3 is 9.30 Å². The Labute approximate surface area is 150 Å². The molecule has 8 nitrogen and oxygen atoms in total. The number of rotatable bonds is 4. The summed E-state index contributed by atoms with van der Waals surface area (Å²) < 4.78 is 11.9. The number of hydrogen-bond acceptors (Lipinski definition) is 4. The van der Waals surface area contributed by atoms with Crippen LogP contribution in [0.25, 0.3) is 16.9 Å². The third-order valence-corrected chi connectivity index (χ3v) is 5.77. The Morgan fingerprint density at radius 3 is 2.50 bits per heavy atom. The minimum absolute atomic E-state index is 0.229. The van der Waals surface area contributed by atoms with Crippen molar-refractivity contribution in [2.45, 2.75) is 52.1 Å². The second-order valence-electron chi connectivity index (χ2n) is 7.19. The number of aromatic nitrogens is 5. The average Bonchev–Trinajstić information content (AvgIpc) is 3.32. The van der Waals surface area contributed by atoms with Crippen LogP contribution in [0.3, 0.4) is 0 Å². The molecule has 0 radical (unpaired) electrons.